The molecule has 0 aliphatic rings. The molecular formula is C16H15FN2O2. The number of carbonyl (C=O) groups excluding carboxylic acids is 1. The van der Waals surface area contributed by atoms with E-state index in [1.807, 2.05) is 6.92 Å². The number of carbonyl (C=O) groups is 1. The number of rotatable bonds is 3. The SMILES string of the molecule is CCc1occc1C(=O)Nc1ccc(F)c(C#CCN)c1. The summed E-state index contributed by atoms with van der Waals surface area (Å²) in [5, 5.41) is 2.70. The molecule has 0 saturated carbocycles. The van der Waals surface area contributed by atoms with Crippen LogP contribution in [0.5, 0.6) is 0 Å². The Morgan fingerprint density at radius 1 is 1.43 bits per heavy atom. The van der Waals surface area contributed by atoms with Gasteiger partial charge in [-0.2, -0.15) is 0 Å². The van der Waals surface area contributed by atoms with Crippen LogP contribution >= 0.6 is 0 Å². The van der Waals surface area contributed by atoms with E-state index in [9.17, 15) is 9.18 Å². The molecule has 108 valence electrons. The van der Waals surface area contributed by atoms with Crippen LogP contribution in [-0.4, -0.2) is 12.5 Å². The van der Waals surface area contributed by atoms with Crippen LogP contribution in [-0.2, 0) is 6.42 Å². The molecule has 2 rings (SSSR count). The summed E-state index contributed by atoms with van der Waals surface area (Å²) >= 11 is 0. The molecule has 1 amide bonds. The minimum atomic E-state index is -0.452. The van der Waals surface area contributed by atoms with E-state index in [0.29, 0.717) is 23.4 Å². The van der Waals surface area contributed by atoms with Gasteiger partial charge in [-0.25, -0.2) is 4.39 Å². The molecule has 4 nitrogen and oxygen atoms in total. The van der Waals surface area contributed by atoms with Gasteiger partial charge in [0, 0.05) is 12.1 Å². The third-order valence-corrected chi connectivity index (χ3v) is 2.86. The van der Waals surface area contributed by atoms with Crippen molar-refractivity contribution >= 4 is 11.6 Å². The van der Waals surface area contributed by atoms with Crippen molar-refractivity contribution in [3.05, 3.63) is 53.2 Å². The summed E-state index contributed by atoms with van der Waals surface area (Å²) in [6.45, 7) is 2.04. The molecular weight excluding hydrogens is 271 g/mol. The lowest BCUT2D eigenvalue weighted by atomic mass is 10.1. The molecule has 0 fully saturated rings. The fourth-order valence-electron chi connectivity index (χ4n) is 1.86. The molecule has 1 aromatic heterocycles. The zero-order valence-corrected chi connectivity index (χ0v) is 11.6. The third kappa shape index (κ3) is 3.50. The Bertz CT molecular complexity index is 711. The molecule has 1 heterocycles. The second-order valence-corrected chi connectivity index (χ2v) is 4.27. The first kappa shape index (κ1) is 14.8. The zero-order chi connectivity index (χ0) is 15.2. The van der Waals surface area contributed by atoms with Gasteiger partial charge < -0.3 is 15.5 Å². The molecule has 5 heteroatoms. The van der Waals surface area contributed by atoms with E-state index in [4.69, 9.17) is 10.2 Å². The van der Waals surface area contributed by atoms with Crippen molar-refractivity contribution in [3.8, 4) is 11.8 Å². The first-order valence-electron chi connectivity index (χ1n) is 6.52. The molecule has 0 unspecified atom stereocenters. The van der Waals surface area contributed by atoms with Gasteiger partial charge in [-0.1, -0.05) is 18.8 Å². The minimum absolute atomic E-state index is 0.144. The summed E-state index contributed by atoms with van der Waals surface area (Å²) in [7, 11) is 0. The van der Waals surface area contributed by atoms with Crippen LogP contribution in [0.25, 0.3) is 0 Å². The Morgan fingerprint density at radius 3 is 2.95 bits per heavy atom. The number of anilines is 1. The van der Waals surface area contributed by atoms with Crippen molar-refractivity contribution in [1.82, 2.24) is 0 Å². The highest BCUT2D eigenvalue weighted by molar-refractivity contribution is 6.05. The van der Waals surface area contributed by atoms with E-state index in [0.717, 1.165) is 0 Å². The number of nitrogens with one attached hydrogen (secondary N) is 1. The summed E-state index contributed by atoms with van der Waals surface area (Å²) in [6.07, 6.45) is 2.09. The van der Waals surface area contributed by atoms with E-state index < -0.39 is 5.82 Å². The average molecular weight is 286 g/mol. The predicted molar refractivity (Wildman–Crippen MR) is 78.4 cm³/mol. The molecule has 3 N–H and O–H groups in total. The average Bonchev–Trinajstić information content (AvgIpc) is 2.96. The smallest absolute Gasteiger partial charge is 0.259 e. The number of amides is 1. The van der Waals surface area contributed by atoms with Crippen LogP contribution < -0.4 is 11.1 Å². The quantitative estimate of drug-likeness (QED) is 0.852. The van der Waals surface area contributed by atoms with Gasteiger partial charge in [-0.3, -0.25) is 4.79 Å². The maximum absolute atomic E-state index is 13.6. The van der Waals surface area contributed by atoms with Gasteiger partial charge in [0.25, 0.3) is 5.91 Å². The van der Waals surface area contributed by atoms with E-state index in [-0.39, 0.29) is 18.0 Å². The number of nitrogens with two attached hydrogens (primary N) is 1. The van der Waals surface area contributed by atoms with Crippen LogP contribution in [0.4, 0.5) is 10.1 Å². The fraction of sp³-hybridized carbons (Fsp3) is 0.188. The predicted octanol–water partition coefficient (Wildman–Crippen LogP) is 2.54. The Morgan fingerprint density at radius 2 is 2.24 bits per heavy atom. The number of aryl methyl sites for hydroxylation is 1. The molecule has 0 atom stereocenters. The summed E-state index contributed by atoms with van der Waals surface area (Å²) in [6, 6.07) is 5.81. The minimum Gasteiger partial charge on any atom is -0.469 e. The maximum atomic E-state index is 13.6. The second-order valence-electron chi connectivity index (χ2n) is 4.27. The maximum Gasteiger partial charge on any atom is 0.259 e. The van der Waals surface area contributed by atoms with Gasteiger partial charge in [-0.15, -0.1) is 0 Å². The zero-order valence-electron chi connectivity index (χ0n) is 11.6. The topological polar surface area (TPSA) is 68.3 Å². The van der Waals surface area contributed by atoms with Gasteiger partial charge in [0.05, 0.1) is 23.9 Å². The summed E-state index contributed by atoms with van der Waals surface area (Å²) in [5.74, 6) is 5.06. The lowest BCUT2D eigenvalue weighted by Gasteiger charge is -2.06. The highest BCUT2D eigenvalue weighted by atomic mass is 19.1. The number of halogens is 1. The molecule has 0 bridgehead atoms. The molecule has 0 radical (unpaired) electrons. The second kappa shape index (κ2) is 6.73. The van der Waals surface area contributed by atoms with Crippen LogP contribution in [0, 0.1) is 17.7 Å². The Labute approximate surface area is 122 Å². The van der Waals surface area contributed by atoms with Crippen molar-refractivity contribution < 1.29 is 13.6 Å². The Hall–Kier alpha value is -2.58. The van der Waals surface area contributed by atoms with Crippen molar-refractivity contribution in [2.24, 2.45) is 5.73 Å². The number of furan rings is 1. The van der Waals surface area contributed by atoms with Crippen LogP contribution in [0.15, 0.2) is 34.9 Å². The lowest BCUT2D eigenvalue weighted by Crippen LogP contribution is -2.13. The van der Waals surface area contributed by atoms with Crippen LogP contribution in [0.1, 0.15) is 28.6 Å². The Kier molecular flexibility index (Phi) is 4.75. The van der Waals surface area contributed by atoms with E-state index in [1.165, 1.54) is 24.5 Å². The van der Waals surface area contributed by atoms with E-state index >= 15 is 0 Å². The largest absolute Gasteiger partial charge is 0.469 e. The number of benzene rings is 1. The first-order chi connectivity index (χ1) is 10.2. The first-order valence-corrected chi connectivity index (χ1v) is 6.52. The fourth-order valence-corrected chi connectivity index (χ4v) is 1.86. The molecule has 2 aromatic rings. The highest BCUT2D eigenvalue weighted by Gasteiger charge is 2.13. The summed E-state index contributed by atoms with van der Waals surface area (Å²) < 4.78 is 18.8. The van der Waals surface area contributed by atoms with Crippen molar-refractivity contribution in [1.29, 1.82) is 0 Å². The van der Waals surface area contributed by atoms with Gasteiger partial charge in [0.1, 0.15) is 11.6 Å². The molecule has 0 spiro atoms. The number of hydrogen-bond donors (Lipinski definition) is 2. The van der Waals surface area contributed by atoms with E-state index in [2.05, 4.69) is 17.2 Å². The lowest BCUT2D eigenvalue weighted by molar-refractivity contribution is 0.102. The summed E-state index contributed by atoms with van der Waals surface area (Å²) in [5.41, 5.74) is 6.39. The molecule has 0 aliphatic heterocycles. The standard InChI is InChI=1S/C16H15FN2O2/c1-2-15-13(7-9-21-15)16(20)19-12-5-6-14(17)11(10-12)4-3-8-18/h5-7,9-10H,2,8,18H2,1H3,(H,19,20). The van der Waals surface area contributed by atoms with Crippen molar-refractivity contribution in [2.75, 3.05) is 11.9 Å². The van der Waals surface area contributed by atoms with E-state index in [1.54, 1.807) is 6.07 Å². The highest BCUT2D eigenvalue weighted by Crippen LogP contribution is 2.17. The van der Waals surface area contributed by atoms with Crippen molar-refractivity contribution in [2.45, 2.75) is 13.3 Å². The van der Waals surface area contributed by atoms with Crippen molar-refractivity contribution in [3.63, 3.8) is 0 Å². The van der Waals surface area contributed by atoms with Gasteiger partial charge in [0.15, 0.2) is 0 Å². The molecule has 1 aromatic carbocycles. The Balaban J connectivity index is 2.22. The third-order valence-electron chi connectivity index (χ3n) is 2.86. The number of hydrogen-bond acceptors (Lipinski definition) is 3. The molecule has 21 heavy (non-hydrogen) atoms. The molecule has 0 aliphatic carbocycles. The van der Waals surface area contributed by atoms with Crippen LogP contribution in [0.3, 0.4) is 0 Å². The summed E-state index contributed by atoms with van der Waals surface area (Å²) in [4.78, 5) is 12.1. The van der Waals surface area contributed by atoms with Gasteiger partial charge >= 0.3 is 0 Å². The van der Waals surface area contributed by atoms with Gasteiger partial charge in [0.2, 0.25) is 0 Å². The monoisotopic (exact) mass is 286 g/mol. The molecule has 0 saturated heterocycles. The van der Waals surface area contributed by atoms with Gasteiger partial charge in [-0.05, 0) is 24.3 Å². The van der Waals surface area contributed by atoms with Crippen LogP contribution in [0.2, 0.25) is 0 Å². The normalized spacial score (nSPS) is 9.86.